The average Bonchev–Trinajstić information content (AvgIpc) is 2.40. The monoisotopic (exact) mass is 308 g/mol. The van der Waals surface area contributed by atoms with Gasteiger partial charge in [-0.25, -0.2) is 9.78 Å². The summed E-state index contributed by atoms with van der Waals surface area (Å²) in [4.78, 5) is 24.8. The Morgan fingerprint density at radius 2 is 2.10 bits per heavy atom. The van der Waals surface area contributed by atoms with E-state index in [2.05, 4.69) is 10.3 Å². The van der Waals surface area contributed by atoms with Gasteiger partial charge >= 0.3 is 11.7 Å². The lowest BCUT2D eigenvalue weighted by atomic mass is 10.2. The number of carboxylic acids is 1. The molecule has 0 unspecified atom stereocenters. The molecule has 2 aromatic rings. The van der Waals surface area contributed by atoms with Gasteiger partial charge in [0.15, 0.2) is 0 Å². The molecule has 0 aliphatic carbocycles. The van der Waals surface area contributed by atoms with Crippen molar-refractivity contribution in [2.45, 2.75) is 0 Å². The third kappa shape index (κ3) is 3.18. The summed E-state index contributed by atoms with van der Waals surface area (Å²) < 4.78 is 0. The number of hydrogen-bond donors (Lipinski definition) is 3. The second kappa shape index (κ2) is 5.63. The molecule has 0 aliphatic heterocycles. The number of nitrogens with one attached hydrogen (secondary N) is 1. The van der Waals surface area contributed by atoms with E-state index in [1.54, 1.807) is 6.07 Å². The summed E-state index contributed by atoms with van der Waals surface area (Å²) >= 11 is 5.76. The van der Waals surface area contributed by atoms with E-state index in [4.69, 9.17) is 22.4 Å². The Kier molecular flexibility index (Phi) is 3.90. The van der Waals surface area contributed by atoms with Crippen molar-refractivity contribution in [2.75, 3.05) is 11.1 Å². The molecule has 0 aliphatic rings. The second-order valence-electron chi connectivity index (χ2n) is 3.98. The molecule has 0 atom stereocenters. The van der Waals surface area contributed by atoms with Crippen molar-refractivity contribution < 1.29 is 14.8 Å². The number of nitrogens with two attached hydrogens (primary N) is 1. The zero-order valence-electron chi connectivity index (χ0n) is 10.4. The van der Waals surface area contributed by atoms with Crippen LogP contribution in [0.1, 0.15) is 10.4 Å². The Hall–Kier alpha value is -2.87. The highest BCUT2D eigenvalue weighted by Gasteiger charge is 2.14. The first kappa shape index (κ1) is 14.5. The van der Waals surface area contributed by atoms with Crippen LogP contribution in [0.5, 0.6) is 0 Å². The zero-order valence-corrected chi connectivity index (χ0v) is 11.2. The molecule has 0 fully saturated rings. The fourth-order valence-electron chi connectivity index (χ4n) is 1.61. The van der Waals surface area contributed by atoms with Crippen LogP contribution in [0, 0.1) is 10.1 Å². The summed E-state index contributed by atoms with van der Waals surface area (Å²) in [6.45, 7) is 0. The van der Waals surface area contributed by atoms with Gasteiger partial charge in [-0.15, -0.1) is 0 Å². The van der Waals surface area contributed by atoms with Gasteiger partial charge in [-0.2, -0.15) is 0 Å². The number of nitro groups is 1. The topological polar surface area (TPSA) is 131 Å². The smallest absolute Gasteiger partial charge is 0.337 e. The summed E-state index contributed by atoms with van der Waals surface area (Å²) in [6, 6.07) is 6.86. The van der Waals surface area contributed by atoms with E-state index in [1.165, 1.54) is 24.3 Å². The fourth-order valence-corrected chi connectivity index (χ4v) is 1.80. The second-order valence-corrected chi connectivity index (χ2v) is 4.39. The summed E-state index contributed by atoms with van der Waals surface area (Å²) in [6.07, 6.45) is 0. The minimum atomic E-state index is -1.17. The average molecular weight is 309 g/mol. The lowest BCUT2D eigenvalue weighted by Gasteiger charge is -2.08. The fraction of sp³-hybridized carbons (Fsp3) is 0. The molecule has 0 saturated carbocycles. The van der Waals surface area contributed by atoms with E-state index in [0.29, 0.717) is 5.69 Å². The summed E-state index contributed by atoms with van der Waals surface area (Å²) in [5.41, 5.74) is 5.51. The lowest BCUT2D eigenvalue weighted by Crippen LogP contribution is -2.03. The first-order chi connectivity index (χ1) is 9.88. The van der Waals surface area contributed by atoms with Crippen molar-refractivity contribution in [1.82, 2.24) is 4.98 Å². The van der Waals surface area contributed by atoms with Crippen LogP contribution in [0.25, 0.3) is 0 Å². The van der Waals surface area contributed by atoms with Crippen LogP contribution in [-0.4, -0.2) is 21.0 Å². The minimum Gasteiger partial charge on any atom is -0.478 e. The molecule has 1 aromatic heterocycles. The maximum atomic E-state index is 11.0. The Balaban J connectivity index is 2.30. The third-order valence-corrected chi connectivity index (χ3v) is 2.90. The molecule has 1 aromatic carbocycles. The molecule has 0 bridgehead atoms. The molecule has 1 heterocycles. The van der Waals surface area contributed by atoms with Crippen LogP contribution in [0.4, 0.5) is 23.0 Å². The number of nitrogens with zero attached hydrogens (tertiary/aromatic N) is 2. The van der Waals surface area contributed by atoms with Crippen molar-refractivity contribution in [2.24, 2.45) is 0 Å². The van der Waals surface area contributed by atoms with E-state index in [9.17, 15) is 14.9 Å². The molecular formula is C12H9ClN4O4. The summed E-state index contributed by atoms with van der Waals surface area (Å²) in [5, 5.41) is 22.5. The Bertz CT molecular complexity index is 735. The SMILES string of the molecule is Nc1nc(Nc2ccc(Cl)c(C(=O)O)c2)ccc1[N+](=O)[O-]. The number of halogens is 1. The molecule has 2 rings (SSSR count). The number of carbonyl (C=O) groups is 1. The Morgan fingerprint density at radius 3 is 2.67 bits per heavy atom. The van der Waals surface area contributed by atoms with Crippen molar-refractivity contribution in [3.63, 3.8) is 0 Å². The van der Waals surface area contributed by atoms with Gasteiger partial charge in [0.1, 0.15) is 5.82 Å². The number of hydrogen-bond acceptors (Lipinski definition) is 6. The van der Waals surface area contributed by atoms with Gasteiger partial charge in [0.2, 0.25) is 5.82 Å². The molecular weight excluding hydrogens is 300 g/mol. The van der Waals surface area contributed by atoms with Gasteiger partial charge in [-0.1, -0.05) is 11.6 Å². The van der Waals surface area contributed by atoms with Crippen LogP contribution in [0.15, 0.2) is 30.3 Å². The van der Waals surface area contributed by atoms with E-state index < -0.39 is 10.9 Å². The summed E-state index contributed by atoms with van der Waals surface area (Å²) in [7, 11) is 0. The minimum absolute atomic E-state index is 0.0726. The van der Waals surface area contributed by atoms with Crippen LogP contribution >= 0.6 is 11.6 Å². The number of nitrogen functional groups attached to an aromatic ring is 1. The quantitative estimate of drug-likeness (QED) is 0.584. The van der Waals surface area contributed by atoms with Crippen molar-refractivity contribution >= 4 is 40.6 Å². The van der Waals surface area contributed by atoms with Crippen LogP contribution in [0.3, 0.4) is 0 Å². The predicted octanol–water partition coefficient (Wildman–Crippen LogP) is 2.67. The Morgan fingerprint density at radius 1 is 1.38 bits per heavy atom. The summed E-state index contributed by atoms with van der Waals surface area (Å²) in [5.74, 6) is -1.16. The maximum absolute atomic E-state index is 11.0. The molecule has 0 amide bonds. The first-order valence-electron chi connectivity index (χ1n) is 5.59. The van der Waals surface area contributed by atoms with Crippen molar-refractivity contribution in [3.8, 4) is 0 Å². The number of aromatic nitrogens is 1. The normalized spacial score (nSPS) is 10.1. The highest BCUT2D eigenvalue weighted by Crippen LogP contribution is 2.25. The predicted molar refractivity (Wildman–Crippen MR) is 77.0 cm³/mol. The van der Waals surface area contributed by atoms with Gasteiger partial charge in [0.25, 0.3) is 0 Å². The molecule has 8 nitrogen and oxygen atoms in total. The highest BCUT2D eigenvalue weighted by atomic mass is 35.5. The van der Waals surface area contributed by atoms with Crippen LogP contribution in [0.2, 0.25) is 5.02 Å². The number of benzene rings is 1. The number of rotatable bonds is 4. The standard InChI is InChI=1S/C12H9ClN4O4/c13-8-2-1-6(5-7(8)12(18)19)15-10-4-3-9(17(20)21)11(14)16-10/h1-5H,(H,18,19)(H3,14,15,16). The molecule has 108 valence electrons. The zero-order chi connectivity index (χ0) is 15.6. The molecule has 21 heavy (non-hydrogen) atoms. The van der Waals surface area contributed by atoms with Gasteiger partial charge < -0.3 is 16.2 Å². The third-order valence-electron chi connectivity index (χ3n) is 2.57. The Labute approximate surface area is 123 Å². The van der Waals surface area contributed by atoms with E-state index >= 15 is 0 Å². The highest BCUT2D eigenvalue weighted by molar-refractivity contribution is 6.33. The van der Waals surface area contributed by atoms with E-state index in [0.717, 1.165) is 0 Å². The molecule has 9 heteroatoms. The van der Waals surface area contributed by atoms with Gasteiger partial charge in [-0.05, 0) is 24.3 Å². The number of aromatic carboxylic acids is 1. The van der Waals surface area contributed by atoms with E-state index in [1.807, 2.05) is 0 Å². The van der Waals surface area contributed by atoms with Crippen molar-refractivity contribution in [1.29, 1.82) is 0 Å². The van der Waals surface area contributed by atoms with Gasteiger partial charge in [0.05, 0.1) is 15.5 Å². The number of pyridine rings is 1. The molecule has 0 spiro atoms. The van der Waals surface area contributed by atoms with Crippen LogP contribution < -0.4 is 11.1 Å². The first-order valence-corrected chi connectivity index (χ1v) is 5.97. The number of anilines is 3. The largest absolute Gasteiger partial charge is 0.478 e. The lowest BCUT2D eigenvalue weighted by molar-refractivity contribution is -0.384. The van der Waals surface area contributed by atoms with Crippen LogP contribution in [-0.2, 0) is 0 Å². The van der Waals surface area contributed by atoms with Gasteiger partial charge in [-0.3, -0.25) is 10.1 Å². The van der Waals surface area contributed by atoms with Crippen molar-refractivity contribution in [3.05, 3.63) is 51.0 Å². The molecule has 4 N–H and O–H groups in total. The molecule has 0 saturated heterocycles. The van der Waals surface area contributed by atoms with E-state index in [-0.39, 0.29) is 27.9 Å². The maximum Gasteiger partial charge on any atom is 0.337 e. The molecule has 0 radical (unpaired) electrons. The number of carboxylic acid groups (broad SMARTS) is 1. The van der Waals surface area contributed by atoms with Gasteiger partial charge in [0, 0.05) is 11.8 Å².